The van der Waals surface area contributed by atoms with Crippen molar-refractivity contribution in [1.29, 1.82) is 0 Å². The van der Waals surface area contributed by atoms with Gasteiger partial charge in [0.1, 0.15) is 0 Å². The van der Waals surface area contributed by atoms with E-state index in [4.69, 9.17) is 23.2 Å². The maximum absolute atomic E-state index is 6.19. The maximum Gasteiger partial charge on any atom is 0.0452 e. The van der Waals surface area contributed by atoms with Crippen LogP contribution in [-0.2, 0) is 6.42 Å². The average molecular weight is 258 g/mol. The van der Waals surface area contributed by atoms with Crippen LogP contribution in [0.1, 0.15) is 24.8 Å². The minimum atomic E-state index is 0.719. The Kier molecular flexibility index (Phi) is 4.51. The highest BCUT2D eigenvalue weighted by molar-refractivity contribution is 6.35. The minimum absolute atomic E-state index is 0.719. The number of halogens is 2. The fourth-order valence-electron chi connectivity index (χ4n) is 2.29. The molecule has 88 valence electrons. The van der Waals surface area contributed by atoms with Gasteiger partial charge < -0.3 is 5.32 Å². The van der Waals surface area contributed by atoms with Gasteiger partial charge in [-0.3, -0.25) is 0 Å². The second-order valence-corrected chi connectivity index (χ2v) is 5.33. The van der Waals surface area contributed by atoms with E-state index in [0.29, 0.717) is 0 Å². The Labute approximate surface area is 107 Å². The molecule has 1 aliphatic heterocycles. The van der Waals surface area contributed by atoms with Crippen LogP contribution >= 0.6 is 23.2 Å². The molecule has 1 heterocycles. The largest absolute Gasteiger partial charge is 0.317 e. The summed E-state index contributed by atoms with van der Waals surface area (Å²) in [4.78, 5) is 0. The lowest BCUT2D eigenvalue weighted by Crippen LogP contribution is -2.14. The molecule has 1 nitrogen and oxygen atoms in total. The third-order valence-electron chi connectivity index (χ3n) is 3.22. The highest BCUT2D eigenvalue weighted by Gasteiger charge is 2.14. The summed E-state index contributed by atoms with van der Waals surface area (Å²) in [5.74, 6) is 0.758. The zero-order valence-corrected chi connectivity index (χ0v) is 10.8. The Morgan fingerprint density at radius 2 is 2.06 bits per heavy atom. The molecule has 0 saturated carbocycles. The average Bonchev–Trinajstić information content (AvgIpc) is 2.51. The van der Waals surface area contributed by atoms with Gasteiger partial charge >= 0.3 is 0 Å². The second kappa shape index (κ2) is 5.90. The molecule has 1 fully saturated rings. The van der Waals surface area contributed by atoms with Crippen LogP contribution in [0.4, 0.5) is 0 Å². The van der Waals surface area contributed by atoms with E-state index in [0.717, 1.165) is 35.5 Å². The molecule has 0 spiro atoms. The number of rotatable bonds is 2. The number of benzene rings is 1. The topological polar surface area (TPSA) is 12.0 Å². The molecule has 1 aliphatic rings. The Hall–Kier alpha value is -0.240. The van der Waals surface area contributed by atoms with Gasteiger partial charge in [0.15, 0.2) is 0 Å². The molecule has 0 aliphatic carbocycles. The van der Waals surface area contributed by atoms with Gasteiger partial charge in [-0.15, -0.1) is 0 Å². The summed E-state index contributed by atoms with van der Waals surface area (Å²) in [7, 11) is 0. The predicted molar refractivity (Wildman–Crippen MR) is 70.4 cm³/mol. The van der Waals surface area contributed by atoms with E-state index in [2.05, 4.69) is 11.4 Å². The molecule has 0 amide bonds. The Morgan fingerprint density at radius 1 is 1.19 bits per heavy atom. The Morgan fingerprint density at radius 3 is 2.88 bits per heavy atom. The van der Waals surface area contributed by atoms with Crippen molar-refractivity contribution in [3.63, 3.8) is 0 Å². The molecule has 16 heavy (non-hydrogen) atoms. The molecule has 0 radical (unpaired) electrons. The predicted octanol–water partition coefficient (Wildman–Crippen LogP) is 3.93. The van der Waals surface area contributed by atoms with Gasteiger partial charge in [0.25, 0.3) is 0 Å². The van der Waals surface area contributed by atoms with E-state index in [1.165, 1.54) is 24.8 Å². The summed E-state index contributed by atoms with van der Waals surface area (Å²) in [6, 6.07) is 5.83. The number of hydrogen-bond acceptors (Lipinski definition) is 1. The molecular formula is C13H17Cl2N. The summed E-state index contributed by atoms with van der Waals surface area (Å²) in [6.45, 7) is 2.29. The molecule has 1 saturated heterocycles. The number of hydrogen-bond donors (Lipinski definition) is 1. The van der Waals surface area contributed by atoms with Gasteiger partial charge in [0.05, 0.1) is 0 Å². The zero-order valence-electron chi connectivity index (χ0n) is 9.31. The molecule has 0 bridgehead atoms. The van der Waals surface area contributed by atoms with Crippen molar-refractivity contribution < 1.29 is 0 Å². The monoisotopic (exact) mass is 257 g/mol. The normalized spacial score (nSPS) is 21.8. The molecular weight excluding hydrogens is 241 g/mol. The summed E-state index contributed by atoms with van der Waals surface area (Å²) in [5.41, 5.74) is 1.23. The molecule has 0 aromatic heterocycles. The van der Waals surface area contributed by atoms with Crippen LogP contribution in [0.3, 0.4) is 0 Å². The quantitative estimate of drug-likeness (QED) is 0.847. The molecule has 3 heteroatoms. The van der Waals surface area contributed by atoms with Gasteiger partial charge in [-0.2, -0.15) is 0 Å². The van der Waals surface area contributed by atoms with Crippen LogP contribution in [-0.4, -0.2) is 13.1 Å². The fourth-order valence-corrected chi connectivity index (χ4v) is 2.78. The molecule has 1 aromatic carbocycles. The molecule has 1 aromatic rings. The van der Waals surface area contributed by atoms with E-state index in [-0.39, 0.29) is 0 Å². The van der Waals surface area contributed by atoms with Crippen molar-refractivity contribution >= 4 is 23.2 Å². The lowest BCUT2D eigenvalue weighted by molar-refractivity contribution is 0.470. The van der Waals surface area contributed by atoms with E-state index < -0.39 is 0 Å². The summed E-state index contributed by atoms with van der Waals surface area (Å²) in [5, 5.41) is 4.96. The Balaban J connectivity index is 2.01. The van der Waals surface area contributed by atoms with Crippen molar-refractivity contribution in [2.75, 3.05) is 13.1 Å². The van der Waals surface area contributed by atoms with Crippen molar-refractivity contribution in [1.82, 2.24) is 5.32 Å². The fraction of sp³-hybridized carbons (Fsp3) is 0.538. The smallest absolute Gasteiger partial charge is 0.0452 e. The molecule has 1 N–H and O–H groups in total. The molecule has 1 atom stereocenters. The van der Waals surface area contributed by atoms with Crippen LogP contribution in [0, 0.1) is 5.92 Å². The second-order valence-electron chi connectivity index (χ2n) is 4.49. The first kappa shape index (κ1) is 12.2. The summed E-state index contributed by atoms with van der Waals surface area (Å²) < 4.78 is 0. The van der Waals surface area contributed by atoms with E-state index in [1.807, 2.05) is 12.1 Å². The standard InChI is InChI=1S/C13H17Cl2N/c14-12-4-3-11(13(15)9-12)8-10-2-1-6-16-7-5-10/h3-4,9-10,16H,1-2,5-8H2. The third-order valence-corrected chi connectivity index (χ3v) is 3.81. The number of nitrogens with one attached hydrogen (secondary N) is 1. The highest BCUT2D eigenvalue weighted by atomic mass is 35.5. The highest BCUT2D eigenvalue weighted by Crippen LogP contribution is 2.26. The van der Waals surface area contributed by atoms with Crippen LogP contribution in [0.5, 0.6) is 0 Å². The molecule has 1 unspecified atom stereocenters. The van der Waals surface area contributed by atoms with Crippen molar-refractivity contribution in [2.24, 2.45) is 5.92 Å². The van der Waals surface area contributed by atoms with Crippen molar-refractivity contribution in [3.05, 3.63) is 33.8 Å². The SMILES string of the molecule is Clc1ccc(CC2CCCNCC2)c(Cl)c1. The minimum Gasteiger partial charge on any atom is -0.317 e. The third kappa shape index (κ3) is 3.38. The summed E-state index contributed by atoms with van der Waals surface area (Å²) in [6.07, 6.45) is 4.90. The van der Waals surface area contributed by atoms with Gasteiger partial charge in [-0.1, -0.05) is 29.3 Å². The lowest BCUT2D eigenvalue weighted by atomic mass is 9.93. The zero-order chi connectivity index (χ0) is 11.4. The van der Waals surface area contributed by atoms with Gasteiger partial charge in [0.2, 0.25) is 0 Å². The maximum atomic E-state index is 6.19. The lowest BCUT2D eigenvalue weighted by Gasteiger charge is -2.14. The van der Waals surface area contributed by atoms with Crippen LogP contribution in [0.2, 0.25) is 10.0 Å². The van der Waals surface area contributed by atoms with E-state index in [1.54, 1.807) is 0 Å². The van der Waals surface area contributed by atoms with Crippen LogP contribution in [0.25, 0.3) is 0 Å². The van der Waals surface area contributed by atoms with E-state index >= 15 is 0 Å². The first-order chi connectivity index (χ1) is 7.75. The van der Waals surface area contributed by atoms with Gasteiger partial charge in [0, 0.05) is 10.0 Å². The first-order valence-electron chi connectivity index (χ1n) is 5.90. The molecule has 2 rings (SSSR count). The van der Waals surface area contributed by atoms with Crippen molar-refractivity contribution in [3.8, 4) is 0 Å². The van der Waals surface area contributed by atoms with E-state index in [9.17, 15) is 0 Å². The van der Waals surface area contributed by atoms with Crippen molar-refractivity contribution in [2.45, 2.75) is 25.7 Å². The first-order valence-corrected chi connectivity index (χ1v) is 6.66. The van der Waals surface area contributed by atoms with Gasteiger partial charge in [-0.05, 0) is 62.4 Å². The van der Waals surface area contributed by atoms with Gasteiger partial charge in [-0.25, -0.2) is 0 Å². The van der Waals surface area contributed by atoms with Crippen LogP contribution < -0.4 is 5.32 Å². The van der Waals surface area contributed by atoms with Crippen LogP contribution in [0.15, 0.2) is 18.2 Å². The Bertz CT molecular complexity index is 344. The summed E-state index contributed by atoms with van der Waals surface area (Å²) >= 11 is 12.1.